The van der Waals surface area contributed by atoms with Crippen molar-refractivity contribution in [2.75, 3.05) is 27.3 Å². The van der Waals surface area contributed by atoms with E-state index in [2.05, 4.69) is 20.6 Å². The lowest BCUT2D eigenvalue weighted by atomic mass is 9.92. The Bertz CT molecular complexity index is 1680. The number of benzene rings is 2. The van der Waals surface area contributed by atoms with Crippen molar-refractivity contribution in [1.29, 1.82) is 0 Å². The fraction of sp³-hybridized carbons (Fsp3) is 0.389. The van der Waals surface area contributed by atoms with E-state index >= 15 is 0 Å². The van der Waals surface area contributed by atoms with Gasteiger partial charge in [0.1, 0.15) is 35.5 Å². The van der Waals surface area contributed by atoms with E-state index in [1.807, 2.05) is 50.2 Å². The summed E-state index contributed by atoms with van der Waals surface area (Å²) >= 11 is 12.9. The highest BCUT2D eigenvalue weighted by Gasteiger charge is 2.20. The summed E-state index contributed by atoms with van der Waals surface area (Å²) in [6, 6.07) is 14.8. The van der Waals surface area contributed by atoms with E-state index in [-0.39, 0.29) is 73.0 Å². The molecule has 0 aliphatic rings. The second-order valence-electron chi connectivity index (χ2n) is 11.7. The number of pyridine rings is 2. The quantitative estimate of drug-likeness (QED) is 0.0768. The largest absolute Gasteiger partial charge is 0.481 e. The van der Waals surface area contributed by atoms with Crippen LogP contribution in [-0.2, 0) is 26.3 Å². The molecule has 4 rings (SSSR count). The third kappa shape index (κ3) is 10.6. The van der Waals surface area contributed by atoms with Crippen LogP contribution in [0.4, 0.5) is 17.6 Å². The summed E-state index contributed by atoms with van der Waals surface area (Å²) in [5, 5.41) is 24.6. The lowest BCUT2D eigenvalue weighted by Gasteiger charge is -2.18. The molecule has 0 amide bonds. The highest BCUT2D eigenvalue weighted by molar-refractivity contribution is 6.32. The molecule has 0 saturated heterocycles. The summed E-state index contributed by atoms with van der Waals surface area (Å²) in [7, 11) is 2.83. The van der Waals surface area contributed by atoms with E-state index in [0.29, 0.717) is 11.1 Å². The van der Waals surface area contributed by atoms with Crippen LogP contribution in [0.5, 0.6) is 23.5 Å². The Labute approximate surface area is 309 Å². The van der Waals surface area contributed by atoms with Gasteiger partial charge in [-0.2, -0.15) is 9.97 Å². The van der Waals surface area contributed by atoms with E-state index in [9.17, 15) is 27.8 Å². The number of halogens is 6. The van der Waals surface area contributed by atoms with Crippen molar-refractivity contribution in [2.24, 2.45) is 0 Å². The van der Waals surface area contributed by atoms with Crippen LogP contribution < -0.4 is 29.6 Å². The summed E-state index contributed by atoms with van der Waals surface area (Å²) < 4.78 is 73.2. The van der Waals surface area contributed by atoms with Crippen molar-refractivity contribution in [2.45, 2.75) is 65.2 Å². The zero-order valence-corrected chi connectivity index (χ0v) is 30.4. The van der Waals surface area contributed by atoms with Gasteiger partial charge in [-0.05, 0) is 59.4 Å². The van der Waals surface area contributed by atoms with Crippen molar-refractivity contribution in [3.63, 3.8) is 0 Å². The highest BCUT2D eigenvalue weighted by Crippen LogP contribution is 2.34. The lowest BCUT2D eigenvalue weighted by molar-refractivity contribution is -0.00345. The summed E-state index contributed by atoms with van der Waals surface area (Å²) in [5.74, 6) is 0.664. The maximum Gasteiger partial charge on any atom is 0.265 e. The van der Waals surface area contributed by atoms with Gasteiger partial charge in [0.15, 0.2) is 0 Å². The summed E-state index contributed by atoms with van der Waals surface area (Å²) in [6.45, 7) is 3.78. The molecule has 2 aromatic carbocycles. The Hall–Kier alpha value is -3.92. The Morgan fingerprint density at radius 2 is 1.02 bits per heavy atom. The van der Waals surface area contributed by atoms with Crippen molar-refractivity contribution < 1.29 is 46.7 Å². The molecule has 0 fully saturated rings. The molecule has 0 aliphatic heterocycles. The second-order valence-corrected chi connectivity index (χ2v) is 12.5. The highest BCUT2D eigenvalue weighted by atomic mass is 35.5. The number of hydrogen-bond acceptors (Lipinski definition) is 10. The van der Waals surface area contributed by atoms with Crippen LogP contribution in [0.2, 0.25) is 10.0 Å². The first-order valence-corrected chi connectivity index (χ1v) is 16.8. The van der Waals surface area contributed by atoms with Crippen LogP contribution in [0.3, 0.4) is 0 Å². The molecule has 4 N–H and O–H groups in total. The van der Waals surface area contributed by atoms with Gasteiger partial charge < -0.3 is 39.8 Å². The molecule has 52 heavy (non-hydrogen) atoms. The molecule has 0 radical (unpaired) electrons. The normalized spacial score (nSPS) is 12.7. The van der Waals surface area contributed by atoms with Gasteiger partial charge in [0.05, 0.1) is 14.2 Å². The van der Waals surface area contributed by atoms with Gasteiger partial charge in [-0.25, -0.2) is 17.6 Å². The van der Waals surface area contributed by atoms with Crippen LogP contribution in [0.15, 0.2) is 48.5 Å². The molecule has 0 saturated carbocycles. The Morgan fingerprint density at radius 1 is 0.635 bits per heavy atom. The topological polar surface area (TPSA) is 127 Å². The van der Waals surface area contributed by atoms with Crippen molar-refractivity contribution >= 4 is 23.2 Å². The molecule has 282 valence electrons. The molecule has 4 aromatic rings. The predicted molar refractivity (Wildman–Crippen MR) is 189 cm³/mol. The first-order valence-electron chi connectivity index (χ1n) is 16.1. The zero-order valence-electron chi connectivity index (χ0n) is 28.9. The summed E-state index contributed by atoms with van der Waals surface area (Å²) in [6.07, 6.45) is -9.33. The van der Waals surface area contributed by atoms with Gasteiger partial charge in [0.2, 0.25) is 23.5 Å². The number of rotatable bonds is 19. The Morgan fingerprint density at radius 3 is 1.37 bits per heavy atom. The predicted octanol–water partition coefficient (Wildman–Crippen LogP) is 6.67. The van der Waals surface area contributed by atoms with E-state index in [1.54, 1.807) is 12.1 Å². The molecule has 2 heterocycles. The minimum absolute atomic E-state index is 0.0894. The second kappa shape index (κ2) is 19.2. The van der Waals surface area contributed by atoms with E-state index < -0.39 is 25.1 Å². The first kappa shape index (κ1) is 40.8. The number of nitrogens with zero attached hydrogens (tertiary/aromatic N) is 2. The average Bonchev–Trinajstić information content (AvgIpc) is 3.11. The fourth-order valence-electron chi connectivity index (χ4n) is 5.24. The molecule has 0 aliphatic carbocycles. The average molecular weight is 772 g/mol. The van der Waals surface area contributed by atoms with E-state index in [4.69, 9.17) is 42.1 Å². The fourth-order valence-corrected chi connectivity index (χ4v) is 5.70. The number of aliphatic hydroxyl groups excluding tert-OH is 2. The Balaban J connectivity index is 1.45. The molecule has 2 aromatic heterocycles. The standard InChI is InChI=1S/C36H40Cl2F4N4O6/c1-19-21(17-51-35-27(37)11-23(33(45-35)49-3)13-43-15-29(47)31(39)40)7-5-9-25(19)26-10-6-8-22(20(26)2)18-52-36-28(38)12-24(34(46-36)50-4)14-44-16-30(48)32(41)42/h5-12,29-32,43-44,47-48H,13-18H2,1-4H3. The lowest BCUT2D eigenvalue weighted by Crippen LogP contribution is -2.31. The smallest absolute Gasteiger partial charge is 0.265 e. The number of ether oxygens (including phenoxy) is 4. The van der Waals surface area contributed by atoms with Gasteiger partial charge in [-0.3, -0.25) is 0 Å². The van der Waals surface area contributed by atoms with Crippen LogP contribution in [0, 0.1) is 13.8 Å². The third-order valence-electron chi connectivity index (χ3n) is 8.18. The zero-order chi connectivity index (χ0) is 37.9. The molecular formula is C36H40Cl2F4N4O6. The molecule has 0 bridgehead atoms. The van der Waals surface area contributed by atoms with E-state index in [1.165, 1.54) is 14.2 Å². The molecule has 16 heteroatoms. The maximum absolute atomic E-state index is 12.6. The van der Waals surface area contributed by atoms with Gasteiger partial charge >= 0.3 is 0 Å². The van der Waals surface area contributed by atoms with Crippen molar-refractivity contribution in [3.05, 3.63) is 92.0 Å². The van der Waals surface area contributed by atoms with Gasteiger partial charge in [-0.1, -0.05) is 59.6 Å². The minimum Gasteiger partial charge on any atom is -0.481 e. The van der Waals surface area contributed by atoms with Crippen LogP contribution in [0.25, 0.3) is 11.1 Å². The molecule has 0 spiro atoms. The van der Waals surface area contributed by atoms with Crippen LogP contribution in [-0.4, -0.2) is 72.5 Å². The molecule has 10 nitrogen and oxygen atoms in total. The first-order chi connectivity index (χ1) is 24.8. The maximum atomic E-state index is 12.6. The number of methoxy groups -OCH3 is 2. The monoisotopic (exact) mass is 770 g/mol. The number of alkyl halides is 4. The molecule has 2 atom stereocenters. The minimum atomic E-state index is -2.86. The van der Waals surface area contributed by atoms with Gasteiger partial charge in [0.25, 0.3) is 12.9 Å². The van der Waals surface area contributed by atoms with Gasteiger partial charge in [-0.15, -0.1) is 0 Å². The van der Waals surface area contributed by atoms with Crippen molar-refractivity contribution in [1.82, 2.24) is 20.6 Å². The number of hydrogen-bond donors (Lipinski definition) is 4. The third-order valence-corrected chi connectivity index (χ3v) is 8.72. The SMILES string of the molecule is COc1nc(OCc2cccc(-c3cccc(COc4nc(OC)c(CNCC(O)C(F)F)cc4Cl)c3C)c2C)c(Cl)cc1CNCC(O)C(F)F. The number of aromatic nitrogens is 2. The van der Waals surface area contributed by atoms with Crippen molar-refractivity contribution in [3.8, 4) is 34.6 Å². The number of aliphatic hydroxyl groups is 2. The summed E-state index contributed by atoms with van der Waals surface area (Å²) in [4.78, 5) is 8.73. The number of nitrogens with one attached hydrogen (secondary N) is 2. The van der Waals surface area contributed by atoms with Crippen LogP contribution in [0.1, 0.15) is 33.4 Å². The summed E-state index contributed by atoms with van der Waals surface area (Å²) in [5.41, 5.74) is 6.63. The van der Waals surface area contributed by atoms with Gasteiger partial charge in [0, 0.05) is 37.3 Å². The molecular weight excluding hydrogens is 731 g/mol. The van der Waals surface area contributed by atoms with Crippen LogP contribution >= 0.6 is 23.2 Å². The Kier molecular flexibility index (Phi) is 15.1. The molecule has 2 unspecified atom stereocenters. The van der Waals surface area contributed by atoms with E-state index in [0.717, 1.165) is 33.4 Å².